The molecule has 2 N–H and O–H groups in total. The largest absolute Gasteiger partial charge is 0.361 e. The Morgan fingerprint density at radius 2 is 2.17 bits per heavy atom. The van der Waals surface area contributed by atoms with E-state index in [0.29, 0.717) is 10.9 Å². The molecule has 1 aliphatic rings. The number of amides is 2. The van der Waals surface area contributed by atoms with Gasteiger partial charge in [-0.15, -0.1) is 0 Å². The summed E-state index contributed by atoms with van der Waals surface area (Å²) < 4.78 is 0. The van der Waals surface area contributed by atoms with E-state index in [2.05, 4.69) is 17.2 Å². The third-order valence-corrected chi connectivity index (χ3v) is 5.90. The third kappa shape index (κ3) is 3.43. The molecule has 2 aromatic rings. The first-order valence-corrected chi connectivity index (χ1v) is 9.41. The number of hydrogen-bond donors (Lipinski definition) is 2. The minimum absolute atomic E-state index is 0.162. The molecule has 1 heterocycles. The van der Waals surface area contributed by atoms with Gasteiger partial charge in [-0.3, -0.25) is 9.59 Å². The van der Waals surface area contributed by atoms with Gasteiger partial charge in [0.15, 0.2) is 0 Å². The smallest absolute Gasteiger partial charge is 0.313 e. The van der Waals surface area contributed by atoms with Crippen molar-refractivity contribution in [2.24, 2.45) is 0 Å². The molecule has 128 valence electrons. The van der Waals surface area contributed by atoms with Crippen molar-refractivity contribution in [3.8, 4) is 0 Å². The van der Waals surface area contributed by atoms with Crippen molar-refractivity contribution < 1.29 is 9.59 Å². The maximum atomic E-state index is 12.5. The number of carbonyl (C=O) groups excluding carboxylic acids is 2. The summed E-state index contributed by atoms with van der Waals surface area (Å²) in [7, 11) is 1.74. The standard InChI is InChI=1S/C18H23N3O2S/c1-3-24-13-8-7-12(11-13)21(2)18(23)17(22)20-16-6-4-5-15-14(16)9-10-19-15/h4-6,9-10,12-13,19H,3,7-8,11H2,1-2H3,(H,20,22)/t12-,13-/m1/s1. The van der Waals surface area contributed by atoms with Gasteiger partial charge in [0.2, 0.25) is 0 Å². The number of aromatic amines is 1. The number of aromatic nitrogens is 1. The molecule has 3 rings (SSSR count). The molecule has 0 unspecified atom stereocenters. The molecule has 0 saturated heterocycles. The Balaban J connectivity index is 1.64. The highest BCUT2D eigenvalue weighted by Gasteiger charge is 2.32. The van der Waals surface area contributed by atoms with Gasteiger partial charge in [0.25, 0.3) is 0 Å². The van der Waals surface area contributed by atoms with Crippen LogP contribution in [0.2, 0.25) is 0 Å². The van der Waals surface area contributed by atoms with Gasteiger partial charge < -0.3 is 15.2 Å². The van der Waals surface area contributed by atoms with Crippen molar-refractivity contribution in [1.82, 2.24) is 9.88 Å². The fraction of sp³-hybridized carbons (Fsp3) is 0.444. The van der Waals surface area contributed by atoms with Crippen molar-refractivity contribution in [3.05, 3.63) is 30.5 Å². The summed E-state index contributed by atoms with van der Waals surface area (Å²) in [5.41, 5.74) is 1.59. The molecule has 1 aromatic carbocycles. The molecule has 1 saturated carbocycles. The van der Waals surface area contributed by atoms with E-state index >= 15 is 0 Å². The van der Waals surface area contributed by atoms with E-state index < -0.39 is 11.8 Å². The van der Waals surface area contributed by atoms with Crippen LogP contribution in [-0.2, 0) is 9.59 Å². The van der Waals surface area contributed by atoms with Gasteiger partial charge in [-0.25, -0.2) is 0 Å². The molecule has 1 aromatic heterocycles. The molecule has 0 spiro atoms. The van der Waals surface area contributed by atoms with Gasteiger partial charge in [-0.05, 0) is 43.2 Å². The third-order valence-electron chi connectivity index (χ3n) is 4.66. The normalized spacial score (nSPS) is 20.2. The zero-order chi connectivity index (χ0) is 17.1. The number of rotatable bonds is 4. The molecule has 2 atom stereocenters. The summed E-state index contributed by atoms with van der Waals surface area (Å²) in [6.45, 7) is 2.15. The second-order valence-corrected chi connectivity index (χ2v) is 7.74. The number of anilines is 1. The second kappa shape index (κ2) is 7.30. The van der Waals surface area contributed by atoms with Crippen LogP contribution in [0.1, 0.15) is 26.2 Å². The average molecular weight is 345 g/mol. The van der Waals surface area contributed by atoms with Gasteiger partial charge in [0.05, 0.1) is 5.69 Å². The van der Waals surface area contributed by atoms with Crippen molar-refractivity contribution in [3.63, 3.8) is 0 Å². The topological polar surface area (TPSA) is 65.2 Å². The maximum Gasteiger partial charge on any atom is 0.313 e. The number of H-pyrrole nitrogens is 1. The zero-order valence-electron chi connectivity index (χ0n) is 14.0. The van der Waals surface area contributed by atoms with Crippen LogP contribution in [0.4, 0.5) is 5.69 Å². The minimum Gasteiger partial charge on any atom is -0.361 e. The Hall–Kier alpha value is -1.95. The summed E-state index contributed by atoms with van der Waals surface area (Å²) in [5, 5.41) is 4.26. The van der Waals surface area contributed by atoms with Gasteiger partial charge in [0.1, 0.15) is 0 Å². The first-order chi connectivity index (χ1) is 11.6. The number of thioether (sulfide) groups is 1. The van der Waals surface area contributed by atoms with Crippen molar-refractivity contribution in [2.45, 2.75) is 37.5 Å². The van der Waals surface area contributed by atoms with Crippen LogP contribution < -0.4 is 5.32 Å². The number of fused-ring (bicyclic) bond motifs is 1. The molecule has 0 radical (unpaired) electrons. The van der Waals surface area contributed by atoms with Crippen molar-refractivity contribution >= 4 is 40.2 Å². The van der Waals surface area contributed by atoms with Gasteiger partial charge in [0, 0.05) is 35.4 Å². The first kappa shape index (κ1) is 16.9. The molecular weight excluding hydrogens is 322 g/mol. The van der Waals surface area contributed by atoms with E-state index in [1.165, 1.54) is 0 Å². The lowest BCUT2D eigenvalue weighted by molar-refractivity contribution is -0.143. The average Bonchev–Trinajstić information content (AvgIpc) is 3.23. The Labute approximate surface area is 146 Å². The van der Waals surface area contributed by atoms with Crippen molar-refractivity contribution in [1.29, 1.82) is 0 Å². The van der Waals surface area contributed by atoms with Crippen LogP contribution in [0.15, 0.2) is 30.5 Å². The van der Waals surface area contributed by atoms with Crippen LogP contribution in [0.25, 0.3) is 10.9 Å². The van der Waals surface area contributed by atoms with Crippen LogP contribution in [0, 0.1) is 0 Å². The predicted octanol–water partition coefficient (Wildman–Crippen LogP) is 3.24. The quantitative estimate of drug-likeness (QED) is 0.836. The Morgan fingerprint density at radius 3 is 2.96 bits per heavy atom. The maximum absolute atomic E-state index is 12.5. The van der Waals surface area contributed by atoms with E-state index in [-0.39, 0.29) is 6.04 Å². The minimum atomic E-state index is -0.571. The number of nitrogens with zero attached hydrogens (tertiary/aromatic N) is 1. The summed E-state index contributed by atoms with van der Waals surface area (Å²) in [6, 6.07) is 7.65. The van der Waals surface area contributed by atoms with Crippen LogP contribution >= 0.6 is 11.8 Å². The van der Waals surface area contributed by atoms with E-state index in [9.17, 15) is 9.59 Å². The lowest BCUT2D eigenvalue weighted by Gasteiger charge is -2.24. The van der Waals surface area contributed by atoms with Gasteiger partial charge in [-0.1, -0.05) is 13.0 Å². The monoisotopic (exact) mass is 345 g/mol. The lowest BCUT2D eigenvalue weighted by Crippen LogP contribution is -2.42. The van der Waals surface area contributed by atoms with E-state index in [0.717, 1.165) is 35.9 Å². The van der Waals surface area contributed by atoms with Crippen LogP contribution in [-0.4, -0.2) is 45.8 Å². The highest BCUT2D eigenvalue weighted by Crippen LogP contribution is 2.32. The Kier molecular flexibility index (Phi) is 5.14. The zero-order valence-corrected chi connectivity index (χ0v) is 14.9. The van der Waals surface area contributed by atoms with E-state index in [1.807, 2.05) is 42.2 Å². The highest BCUT2D eigenvalue weighted by atomic mass is 32.2. The first-order valence-electron chi connectivity index (χ1n) is 8.36. The predicted molar refractivity (Wildman–Crippen MR) is 99.3 cm³/mol. The fourth-order valence-corrected chi connectivity index (χ4v) is 4.48. The van der Waals surface area contributed by atoms with Crippen LogP contribution in [0.5, 0.6) is 0 Å². The number of nitrogens with one attached hydrogen (secondary N) is 2. The summed E-state index contributed by atoms with van der Waals surface area (Å²) in [4.78, 5) is 29.5. The molecule has 1 fully saturated rings. The number of hydrogen-bond acceptors (Lipinski definition) is 3. The molecule has 6 heteroatoms. The molecule has 24 heavy (non-hydrogen) atoms. The Bertz CT molecular complexity index is 743. The second-order valence-electron chi connectivity index (χ2n) is 6.16. The van der Waals surface area contributed by atoms with E-state index in [4.69, 9.17) is 0 Å². The number of carbonyl (C=O) groups is 2. The number of likely N-dealkylation sites (N-methyl/N-ethyl adjacent to an activating group) is 1. The van der Waals surface area contributed by atoms with Gasteiger partial charge >= 0.3 is 11.8 Å². The van der Waals surface area contributed by atoms with Gasteiger partial charge in [-0.2, -0.15) is 11.8 Å². The highest BCUT2D eigenvalue weighted by molar-refractivity contribution is 7.99. The van der Waals surface area contributed by atoms with Crippen LogP contribution in [0.3, 0.4) is 0 Å². The number of benzene rings is 1. The molecule has 1 aliphatic carbocycles. The summed E-state index contributed by atoms with van der Waals surface area (Å²) >= 11 is 1.94. The molecule has 2 amide bonds. The molecule has 0 aliphatic heterocycles. The molecule has 5 nitrogen and oxygen atoms in total. The molecular formula is C18H23N3O2S. The van der Waals surface area contributed by atoms with E-state index in [1.54, 1.807) is 11.9 Å². The summed E-state index contributed by atoms with van der Waals surface area (Å²) in [5.74, 6) is 0.0587. The SMILES string of the molecule is CCS[C@@H]1CC[C@@H](N(C)C(=O)C(=O)Nc2cccc3[nH]ccc23)C1. The lowest BCUT2D eigenvalue weighted by atomic mass is 10.2. The summed E-state index contributed by atoms with van der Waals surface area (Å²) in [6.07, 6.45) is 4.88. The van der Waals surface area contributed by atoms with Crippen molar-refractivity contribution in [2.75, 3.05) is 18.1 Å². The Morgan fingerprint density at radius 1 is 1.33 bits per heavy atom. The fourth-order valence-electron chi connectivity index (χ4n) is 3.35. The molecule has 0 bridgehead atoms.